The Morgan fingerprint density at radius 3 is 2.29 bits per heavy atom. The maximum atomic E-state index is 11.7. The van der Waals surface area contributed by atoms with Crippen molar-refractivity contribution >= 4 is 35.8 Å². The van der Waals surface area contributed by atoms with Crippen LogP contribution in [-0.4, -0.2) is 31.0 Å². The zero-order valence-electron chi connectivity index (χ0n) is 14.6. The normalized spacial score (nSPS) is 14.8. The van der Waals surface area contributed by atoms with Gasteiger partial charge < -0.3 is 16.0 Å². The van der Waals surface area contributed by atoms with Crippen molar-refractivity contribution in [3.05, 3.63) is 35.4 Å². The molecule has 0 unspecified atom stereocenters. The van der Waals surface area contributed by atoms with E-state index in [2.05, 4.69) is 27.9 Å². The van der Waals surface area contributed by atoms with Crippen molar-refractivity contribution in [1.29, 1.82) is 0 Å². The summed E-state index contributed by atoms with van der Waals surface area (Å²) in [6.07, 6.45) is 5.06. The highest BCUT2D eigenvalue weighted by molar-refractivity contribution is 14.0. The number of benzene rings is 1. The number of nitrogens with one attached hydrogen (secondary N) is 3. The van der Waals surface area contributed by atoms with Gasteiger partial charge in [0.1, 0.15) is 0 Å². The molecule has 2 rings (SSSR count). The van der Waals surface area contributed by atoms with E-state index in [1.807, 2.05) is 31.2 Å². The minimum atomic E-state index is -0.0289. The Balaban J connectivity index is 0.00000288. The topological polar surface area (TPSA) is 65.5 Å². The van der Waals surface area contributed by atoms with Gasteiger partial charge in [-0.15, -0.1) is 24.0 Å². The van der Waals surface area contributed by atoms with Crippen LogP contribution < -0.4 is 16.0 Å². The first-order chi connectivity index (χ1) is 11.2. The second-order valence-electron chi connectivity index (χ2n) is 5.88. The summed E-state index contributed by atoms with van der Waals surface area (Å²) >= 11 is 0. The lowest BCUT2D eigenvalue weighted by Crippen LogP contribution is -2.42. The molecule has 1 aromatic carbocycles. The highest BCUT2D eigenvalue weighted by atomic mass is 127. The molecule has 1 aromatic rings. The molecule has 0 bridgehead atoms. The summed E-state index contributed by atoms with van der Waals surface area (Å²) in [4.78, 5) is 16.4. The molecule has 0 radical (unpaired) electrons. The molecule has 0 spiro atoms. The molecule has 5 nitrogen and oxygen atoms in total. The number of rotatable bonds is 6. The van der Waals surface area contributed by atoms with Gasteiger partial charge in [0.25, 0.3) is 5.91 Å². The number of carbonyl (C=O) groups is 1. The quantitative estimate of drug-likeness (QED) is 0.359. The zero-order valence-corrected chi connectivity index (χ0v) is 16.9. The molecule has 134 valence electrons. The summed E-state index contributed by atoms with van der Waals surface area (Å²) in [5.41, 5.74) is 1.79. The van der Waals surface area contributed by atoms with E-state index in [4.69, 9.17) is 0 Å². The molecule has 1 amide bonds. The maximum absolute atomic E-state index is 11.7. The Labute approximate surface area is 162 Å². The minimum Gasteiger partial charge on any atom is -0.357 e. The number of hydrogen-bond acceptors (Lipinski definition) is 2. The van der Waals surface area contributed by atoms with Crippen molar-refractivity contribution < 1.29 is 4.79 Å². The molecule has 3 N–H and O–H groups in total. The molecular formula is C18H29IN4O. The third-order valence-electron chi connectivity index (χ3n) is 4.01. The lowest BCUT2D eigenvalue weighted by atomic mass is 10.1. The van der Waals surface area contributed by atoms with Crippen LogP contribution in [0, 0.1) is 0 Å². The number of amides is 1. The predicted molar refractivity (Wildman–Crippen MR) is 110 cm³/mol. The van der Waals surface area contributed by atoms with E-state index in [9.17, 15) is 4.79 Å². The first-order valence-corrected chi connectivity index (χ1v) is 8.65. The SMILES string of the molecule is CCNC(=O)c1ccc(CN=C(NCC)NC2CCCC2)cc1.I. The number of halogens is 1. The largest absolute Gasteiger partial charge is 0.357 e. The second kappa shape index (κ2) is 11.3. The zero-order chi connectivity index (χ0) is 16.5. The van der Waals surface area contributed by atoms with Gasteiger partial charge in [-0.1, -0.05) is 25.0 Å². The van der Waals surface area contributed by atoms with Crippen molar-refractivity contribution in [2.75, 3.05) is 13.1 Å². The van der Waals surface area contributed by atoms with E-state index in [0.717, 1.165) is 18.1 Å². The monoisotopic (exact) mass is 444 g/mol. The van der Waals surface area contributed by atoms with E-state index >= 15 is 0 Å². The van der Waals surface area contributed by atoms with Crippen molar-refractivity contribution in [1.82, 2.24) is 16.0 Å². The third kappa shape index (κ3) is 6.67. The smallest absolute Gasteiger partial charge is 0.251 e. The molecule has 1 aliphatic carbocycles. The summed E-state index contributed by atoms with van der Waals surface area (Å²) < 4.78 is 0. The van der Waals surface area contributed by atoms with E-state index < -0.39 is 0 Å². The Kier molecular flexibility index (Phi) is 9.75. The second-order valence-corrected chi connectivity index (χ2v) is 5.88. The molecule has 0 aliphatic heterocycles. The molecule has 1 fully saturated rings. The van der Waals surface area contributed by atoms with Gasteiger partial charge in [0.15, 0.2) is 5.96 Å². The fraction of sp³-hybridized carbons (Fsp3) is 0.556. The average Bonchev–Trinajstić information content (AvgIpc) is 3.06. The van der Waals surface area contributed by atoms with E-state index in [1.165, 1.54) is 25.7 Å². The molecule has 0 atom stereocenters. The van der Waals surface area contributed by atoms with Gasteiger partial charge in [0, 0.05) is 24.7 Å². The predicted octanol–water partition coefficient (Wildman–Crippen LogP) is 3.05. The van der Waals surface area contributed by atoms with Gasteiger partial charge in [-0.25, -0.2) is 4.99 Å². The van der Waals surface area contributed by atoms with Crippen LogP contribution in [0.4, 0.5) is 0 Å². The molecule has 1 aliphatic rings. The van der Waals surface area contributed by atoms with E-state index in [1.54, 1.807) is 0 Å². The number of nitrogens with zero attached hydrogens (tertiary/aromatic N) is 1. The van der Waals surface area contributed by atoms with Crippen LogP contribution in [0.25, 0.3) is 0 Å². The van der Waals surface area contributed by atoms with Crippen LogP contribution in [-0.2, 0) is 6.54 Å². The van der Waals surface area contributed by atoms with Crippen LogP contribution in [0.2, 0.25) is 0 Å². The summed E-state index contributed by atoms with van der Waals surface area (Å²) in [5, 5.41) is 9.61. The van der Waals surface area contributed by atoms with Gasteiger partial charge in [-0.2, -0.15) is 0 Å². The first kappa shape index (κ1) is 20.7. The highest BCUT2D eigenvalue weighted by Gasteiger charge is 2.15. The fourth-order valence-electron chi connectivity index (χ4n) is 2.78. The summed E-state index contributed by atoms with van der Waals surface area (Å²) in [6, 6.07) is 8.19. The molecule has 0 aromatic heterocycles. The first-order valence-electron chi connectivity index (χ1n) is 8.65. The standard InChI is InChI=1S/C18H28N4O.HI/c1-3-19-17(23)15-11-9-14(10-12-15)13-21-18(20-4-2)22-16-7-5-6-8-16;/h9-12,16H,3-8,13H2,1-2H3,(H,19,23)(H2,20,21,22);1H. The van der Waals surface area contributed by atoms with Crippen LogP contribution in [0.5, 0.6) is 0 Å². The number of carbonyl (C=O) groups excluding carboxylic acids is 1. The Bertz CT molecular complexity index is 524. The molecule has 6 heteroatoms. The lowest BCUT2D eigenvalue weighted by molar-refractivity contribution is 0.0956. The molecular weight excluding hydrogens is 415 g/mol. The van der Waals surface area contributed by atoms with Crippen LogP contribution >= 0.6 is 24.0 Å². The van der Waals surface area contributed by atoms with Crippen LogP contribution in [0.15, 0.2) is 29.3 Å². The van der Waals surface area contributed by atoms with Gasteiger partial charge in [0.05, 0.1) is 6.54 Å². The molecule has 1 saturated carbocycles. The molecule has 0 heterocycles. The number of aliphatic imine (C=N–C) groups is 1. The Hall–Kier alpha value is -1.31. The van der Waals surface area contributed by atoms with E-state index in [-0.39, 0.29) is 29.9 Å². The van der Waals surface area contributed by atoms with Crippen molar-refractivity contribution in [2.24, 2.45) is 4.99 Å². The van der Waals surface area contributed by atoms with Gasteiger partial charge in [-0.3, -0.25) is 4.79 Å². The van der Waals surface area contributed by atoms with Crippen molar-refractivity contribution in [3.63, 3.8) is 0 Å². The van der Waals surface area contributed by atoms with Crippen LogP contribution in [0.1, 0.15) is 55.5 Å². The van der Waals surface area contributed by atoms with Crippen LogP contribution in [0.3, 0.4) is 0 Å². The third-order valence-corrected chi connectivity index (χ3v) is 4.01. The van der Waals surface area contributed by atoms with Gasteiger partial charge >= 0.3 is 0 Å². The van der Waals surface area contributed by atoms with Crippen molar-refractivity contribution in [2.45, 2.75) is 52.1 Å². The average molecular weight is 444 g/mol. The van der Waals surface area contributed by atoms with E-state index in [0.29, 0.717) is 24.7 Å². The lowest BCUT2D eigenvalue weighted by Gasteiger charge is -2.16. The summed E-state index contributed by atoms with van der Waals surface area (Å²) in [6.45, 7) is 6.10. The van der Waals surface area contributed by atoms with Gasteiger partial charge in [-0.05, 0) is 44.4 Å². The highest BCUT2D eigenvalue weighted by Crippen LogP contribution is 2.17. The minimum absolute atomic E-state index is 0. The van der Waals surface area contributed by atoms with Gasteiger partial charge in [0.2, 0.25) is 0 Å². The van der Waals surface area contributed by atoms with Crippen molar-refractivity contribution in [3.8, 4) is 0 Å². The fourth-order valence-corrected chi connectivity index (χ4v) is 2.78. The maximum Gasteiger partial charge on any atom is 0.251 e. The number of hydrogen-bond donors (Lipinski definition) is 3. The molecule has 0 saturated heterocycles. The number of guanidine groups is 1. The molecule has 24 heavy (non-hydrogen) atoms. The summed E-state index contributed by atoms with van der Waals surface area (Å²) in [7, 11) is 0. The summed E-state index contributed by atoms with van der Waals surface area (Å²) in [5.74, 6) is 0.853. The Morgan fingerprint density at radius 2 is 1.71 bits per heavy atom. The Morgan fingerprint density at radius 1 is 1.08 bits per heavy atom.